The van der Waals surface area contributed by atoms with E-state index in [0.29, 0.717) is 24.8 Å². The average molecular weight is 233 g/mol. The number of carbonyl (C=O) groups excluding carboxylic acids is 1. The van der Waals surface area contributed by atoms with Gasteiger partial charge in [-0.3, -0.25) is 4.79 Å². The number of ketones is 1. The molecule has 2 heteroatoms. The normalized spacial score (nSPS) is 12.8. The van der Waals surface area contributed by atoms with Crippen LogP contribution in [0.25, 0.3) is 0 Å². The largest absolute Gasteiger partial charge is 0.330 e. The van der Waals surface area contributed by atoms with E-state index in [0.717, 1.165) is 12.0 Å². The molecule has 0 saturated heterocycles. The minimum absolute atomic E-state index is 0.206. The fraction of sp³-hybridized carbons (Fsp3) is 0.533. The van der Waals surface area contributed by atoms with Crippen LogP contribution in [0.1, 0.15) is 55.5 Å². The Hall–Kier alpha value is -1.15. The monoisotopic (exact) mass is 233 g/mol. The molecule has 0 aliphatic rings. The Bertz CT molecular complexity index is 350. The summed E-state index contributed by atoms with van der Waals surface area (Å²) in [6, 6.07) is 7.95. The van der Waals surface area contributed by atoms with Crippen molar-refractivity contribution in [3.8, 4) is 0 Å². The van der Waals surface area contributed by atoms with Crippen LogP contribution >= 0.6 is 0 Å². The first-order chi connectivity index (χ1) is 8.08. The van der Waals surface area contributed by atoms with Gasteiger partial charge in [-0.15, -0.1) is 0 Å². The van der Waals surface area contributed by atoms with Crippen molar-refractivity contribution in [3.05, 3.63) is 35.4 Å². The Kier molecular flexibility index (Phi) is 5.36. The lowest BCUT2D eigenvalue weighted by atomic mass is 9.94. The van der Waals surface area contributed by atoms with E-state index in [1.165, 1.54) is 5.56 Å². The van der Waals surface area contributed by atoms with Crippen LogP contribution in [0.5, 0.6) is 0 Å². The van der Waals surface area contributed by atoms with Crippen LogP contribution in [0.4, 0.5) is 0 Å². The first-order valence-electron chi connectivity index (χ1n) is 6.41. The number of benzene rings is 1. The van der Waals surface area contributed by atoms with E-state index >= 15 is 0 Å². The highest BCUT2D eigenvalue weighted by Gasteiger charge is 2.12. The fourth-order valence-corrected chi connectivity index (χ4v) is 1.83. The van der Waals surface area contributed by atoms with Crippen molar-refractivity contribution in [2.24, 2.45) is 11.7 Å². The van der Waals surface area contributed by atoms with Gasteiger partial charge < -0.3 is 5.73 Å². The number of carbonyl (C=O) groups is 1. The van der Waals surface area contributed by atoms with Crippen LogP contribution < -0.4 is 5.73 Å². The topological polar surface area (TPSA) is 43.1 Å². The molecule has 0 saturated carbocycles. The first kappa shape index (κ1) is 13.9. The van der Waals surface area contributed by atoms with Gasteiger partial charge >= 0.3 is 0 Å². The van der Waals surface area contributed by atoms with Gasteiger partial charge in [-0.1, -0.05) is 51.5 Å². The van der Waals surface area contributed by atoms with Crippen LogP contribution in [-0.2, 0) is 0 Å². The standard InChI is InChI=1S/C15H23NO/c1-4-12(10-16)9-15(17)14-7-5-13(6-8-14)11(2)3/h5-8,11-12H,4,9-10,16H2,1-3H3. The first-order valence-corrected chi connectivity index (χ1v) is 6.41. The van der Waals surface area contributed by atoms with Gasteiger partial charge in [0.05, 0.1) is 0 Å². The van der Waals surface area contributed by atoms with Crippen molar-refractivity contribution in [2.75, 3.05) is 6.54 Å². The van der Waals surface area contributed by atoms with Gasteiger partial charge in [0, 0.05) is 12.0 Å². The molecule has 0 heterocycles. The smallest absolute Gasteiger partial charge is 0.163 e. The van der Waals surface area contributed by atoms with Crippen LogP contribution in [0.3, 0.4) is 0 Å². The number of hydrogen-bond donors (Lipinski definition) is 1. The van der Waals surface area contributed by atoms with Crippen molar-refractivity contribution in [3.63, 3.8) is 0 Å². The zero-order valence-corrected chi connectivity index (χ0v) is 11.1. The Balaban J connectivity index is 2.69. The summed E-state index contributed by atoms with van der Waals surface area (Å²) < 4.78 is 0. The molecule has 1 rings (SSSR count). The second kappa shape index (κ2) is 6.55. The molecule has 0 radical (unpaired) electrons. The lowest BCUT2D eigenvalue weighted by molar-refractivity contribution is 0.0961. The van der Waals surface area contributed by atoms with Crippen molar-refractivity contribution < 1.29 is 4.79 Å². The average Bonchev–Trinajstić information content (AvgIpc) is 2.35. The van der Waals surface area contributed by atoms with Crippen LogP contribution in [0.2, 0.25) is 0 Å². The van der Waals surface area contributed by atoms with E-state index in [2.05, 4.69) is 20.8 Å². The quantitative estimate of drug-likeness (QED) is 0.765. The second-order valence-corrected chi connectivity index (χ2v) is 4.91. The highest BCUT2D eigenvalue weighted by Crippen LogP contribution is 2.17. The van der Waals surface area contributed by atoms with Crippen molar-refractivity contribution in [1.29, 1.82) is 0 Å². The number of rotatable bonds is 6. The molecular formula is C15H23NO. The molecule has 0 aliphatic heterocycles. The highest BCUT2D eigenvalue weighted by atomic mass is 16.1. The minimum Gasteiger partial charge on any atom is -0.330 e. The summed E-state index contributed by atoms with van der Waals surface area (Å²) in [6.45, 7) is 6.97. The third kappa shape index (κ3) is 3.97. The van der Waals surface area contributed by atoms with Gasteiger partial charge in [0.25, 0.3) is 0 Å². The molecule has 0 fully saturated rings. The molecule has 94 valence electrons. The number of Topliss-reactive ketones (excluding diaryl/α,β-unsaturated/α-hetero) is 1. The molecule has 2 N–H and O–H groups in total. The molecule has 0 aromatic heterocycles. The highest BCUT2D eigenvalue weighted by molar-refractivity contribution is 5.96. The van der Waals surface area contributed by atoms with E-state index in [4.69, 9.17) is 5.73 Å². The third-order valence-corrected chi connectivity index (χ3v) is 3.28. The maximum absolute atomic E-state index is 12.0. The lowest BCUT2D eigenvalue weighted by Crippen LogP contribution is -2.17. The van der Waals surface area contributed by atoms with Gasteiger partial charge in [0.2, 0.25) is 0 Å². The Labute approximate surface area is 104 Å². The molecule has 1 unspecified atom stereocenters. The zero-order chi connectivity index (χ0) is 12.8. The van der Waals surface area contributed by atoms with Gasteiger partial charge in [0.15, 0.2) is 5.78 Å². The Morgan fingerprint density at radius 2 is 1.82 bits per heavy atom. The fourth-order valence-electron chi connectivity index (χ4n) is 1.83. The summed E-state index contributed by atoms with van der Waals surface area (Å²) in [5.74, 6) is 1.02. The van der Waals surface area contributed by atoms with Crippen molar-refractivity contribution >= 4 is 5.78 Å². The predicted molar refractivity (Wildman–Crippen MR) is 72.3 cm³/mol. The molecule has 0 amide bonds. The van der Waals surface area contributed by atoms with Gasteiger partial charge in [-0.2, -0.15) is 0 Å². The Morgan fingerprint density at radius 3 is 2.24 bits per heavy atom. The molecule has 0 bridgehead atoms. The molecular weight excluding hydrogens is 210 g/mol. The molecule has 0 aliphatic carbocycles. The molecule has 1 aromatic rings. The van der Waals surface area contributed by atoms with Crippen molar-refractivity contribution in [2.45, 2.75) is 39.5 Å². The molecule has 0 spiro atoms. The minimum atomic E-state index is 0.206. The van der Waals surface area contributed by atoms with Crippen LogP contribution in [0.15, 0.2) is 24.3 Å². The van der Waals surface area contributed by atoms with Crippen molar-refractivity contribution in [1.82, 2.24) is 0 Å². The summed E-state index contributed by atoms with van der Waals surface area (Å²) in [4.78, 5) is 12.0. The van der Waals surface area contributed by atoms with E-state index < -0.39 is 0 Å². The summed E-state index contributed by atoms with van der Waals surface area (Å²) in [5.41, 5.74) is 7.70. The molecule has 1 aromatic carbocycles. The van der Waals surface area contributed by atoms with Crippen LogP contribution in [0, 0.1) is 5.92 Å². The summed E-state index contributed by atoms with van der Waals surface area (Å²) in [7, 11) is 0. The van der Waals surface area contributed by atoms with Crippen LogP contribution in [-0.4, -0.2) is 12.3 Å². The van der Waals surface area contributed by atoms with E-state index in [-0.39, 0.29) is 5.78 Å². The third-order valence-electron chi connectivity index (χ3n) is 3.28. The molecule has 17 heavy (non-hydrogen) atoms. The van der Waals surface area contributed by atoms with Gasteiger partial charge in [-0.25, -0.2) is 0 Å². The maximum atomic E-state index is 12.0. The second-order valence-electron chi connectivity index (χ2n) is 4.91. The summed E-state index contributed by atoms with van der Waals surface area (Å²) in [5, 5.41) is 0. The van der Waals surface area contributed by atoms with Gasteiger partial charge in [0.1, 0.15) is 0 Å². The zero-order valence-electron chi connectivity index (χ0n) is 11.1. The lowest BCUT2D eigenvalue weighted by Gasteiger charge is -2.11. The van der Waals surface area contributed by atoms with E-state index in [1.54, 1.807) is 0 Å². The molecule has 2 nitrogen and oxygen atoms in total. The van der Waals surface area contributed by atoms with E-state index in [1.807, 2.05) is 24.3 Å². The van der Waals surface area contributed by atoms with Gasteiger partial charge in [-0.05, 0) is 23.9 Å². The van der Waals surface area contributed by atoms with E-state index in [9.17, 15) is 4.79 Å². The maximum Gasteiger partial charge on any atom is 0.163 e. The Morgan fingerprint density at radius 1 is 1.24 bits per heavy atom. The number of nitrogens with two attached hydrogens (primary N) is 1. The predicted octanol–water partition coefficient (Wildman–Crippen LogP) is 3.37. The SMILES string of the molecule is CCC(CN)CC(=O)c1ccc(C(C)C)cc1. The number of hydrogen-bond acceptors (Lipinski definition) is 2. The molecule has 1 atom stereocenters. The summed E-state index contributed by atoms with van der Waals surface area (Å²) in [6.07, 6.45) is 1.53. The summed E-state index contributed by atoms with van der Waals surface area (Å²) >= 11 is 0.